The number of aryl methyl sites for hydroxylation is 1. The van der Waals surface area contributed by atoms with Gasteiger partial charge in [-0.3, -0.25) is 4.90 Å². The van der Waals surface area contributed by atoms with Gasteiger partial charge in [-0.15, -0.1) is 11.3 Å². The van der Waals surface area contributed by atoms with Crippen molar-refractivity contribution in [3.63, 3.8) is 0 Å². The van der Waals surface area contributed by atoms with Gasteiger partial charge in [0.2, 0.25) is 0 Å². The van der Waals surface area contributed by atoms with Crippen molar-refractivity contribution in [1.82, 2.24) is 9.88 Å². The first-order valence-electron chi connectivity index (χ1n) is 6.59. The van der Waals surface area contributed by atoms with Crippen molar-refractivity contribution in [2.75, 3.05) is 19.7 Å². The molecule has 0 aliphatic carbocycles. The molecule has 1 unspecified atom stereocenters. The molecule has 0 spiro atoms. The molecule has 1 aliphatic rings. The summed E-state index contributed by atoms with van der Waals surface area (Å²) in [4.78, 5) is 8.06. The Kier molecular flexibility index (Phi) is 3.68. The molecule has 3 rings (SSSR count). The first-order chi connectivity index (χ1) is 9.24. The predicted molar refractivity (Wildman–Crippen MR) is 75.0 cm³/mol. The fourth-order valence-corrected chi connectivity index (χ4v) is 3.39. The zero-order valence-corrected chi connectivity index (χ0v) is 11.8. The molecule has 0 radical (unpaired) electrons. The highest BCUT2D eigenvalue weighted by atomic mass is 32.1. The summed E-state index contributed by atoms with van der Waals surface area (Å²) in [5.74, 6) is 2.21. The van der Waals surface area contributed by atoms with Crippen molar-refractivity contribution in [2.45, 2.75) is 19.9 Å². The molecular weight excluding hydrogens is 260 g/mol. The van der Waals surface area contributed by atoms with Crippen molar-refractivity contribution in [2.24, 2.45) is 5.92 Å². The van der Waals surface area contributed by atoms with E-state index in [1.165, 1.54) is 4.88 Å². The Balaban J connectivity index is 1.65. The average Bonchev–Trinajstić information content (AvgIpc) is 3.10. The van der Waals surface area contributed by atoms with Crippen molar-refractivity contribution in [3.8, 4) is 10.8 Å². The molecule has 1 fully saturated rings. The third-order valence-corrected chi connectivity index (χ3v) is 4.51. The summed E-state index contributed by atoms with van der Waals surface area (Å²) in [6.45, 7) is 5.23. The topological polar surface area (TPSA) is 49.5 Å². The van der Waals surface area contributed by atoms with E-state index in [-0.39, 0.29) is 0 Å². The molecular formula is C14H18N2O2S. The van der Waals surface area contributed by atoms with Crippen molar-refractivity contribution >= 4 is 11.3 Å². The summed E-state index contributed by atoms with van der Waals surface area (Å²) >= 11 is 1.69. The van der Waals surface area contributed by atoms with E-state index in [4.69, 9.17) is 9.52 Å². The zero-order valence-electron chi connectivity index (χ0n) is 11.0. The van der Waals surface area contributed by atoms with Crippen LogP contribution >= 0.6 is 11.3 Å². The van der Waals surface area contributed by atoms with Gasteiger partial charge in [-0.05, 0) is 37.9 Å². The van der Waals surface area contributed by atoms with Crippen LogP contribution in [-0.4, -0.2) is 34.7 Å². The summed E-state index contributed by atoms with van der Waals surface area (Å²) in [6, 6.07) is 3.93. The minimum atomic E-state index is 0.302. The molecule has 2 aromatic rings. The highest BCUT2D eigenvalue weighted by Crippen LogP contribution is 2.28. The summed E-state index contributed by atoms with van der Waals surface area (Å²) in [6.07, 6.45) is 3.03. The molecule has 102 valence electrons. The van der Waals surface area contributed by atoms with Gasteiger partial charge in [0.1, 0.15) is 5.76 Å². The molecule has 1 N–H and O–H groups in total. The van der Waals surface area contributed by atoms with E-state index in [2.05, 4.69) is 9.88 Å². The second-order valence-corrected chi connectivity index (χ2v) is 6.23. The third-order valence-electron chi connectivity index (χ3n) is 3.51. The van der Waals surface area contributed by atoms with Crippen LogP contribution in [0, 0.1) is 12.8 Å². The number of likely N-dealkylation sites (tertiary alicyclic amines) is 1. The van der Waals surface area contributed by atoms with Crippen molar-refractivity contribution in [1.29, 1.82) is 0 Å². The Labute approximate surface area is 116 Å². The second-order valence-electron chi connectivity index (χ2n) is 5.11. The number of aliphatic hydroxyl groups excluding tert-OH is 1. The van der Waals surface area contributed by atoms with Crippen molar-refractivity contribution in [3.05, 3.63) is 29.0 Å². The lowest BCUT2D eigenvalue weighted by Crippen LogP contribution is -2.20. The maximum Gasteiger partial charge on any atom is 0.162 e. The first-order valence-corrected chi connectivity index (χ1v) is 7.41. The third kappa shape index (κ3) is 2.88. The van der Waals surface area contributed by atoms with E-state index in [9.17, 15) is 0 Å². The Hall–Kier alpha value is -1.17. The summed E-state index contributed by atoms with van der Waals surface area (Å²) in [7, 11) is 0. The number of aromatic nitrogens is 1. The van der Waals surface area contributed by atoms with E-state index in [0.29, 0.717) is 12.5 Å². The molecule has 19 heavy (non-hydrogen) atoms. The van der Waals surface area contributed by atoms with Gasteiger partial charge in [0, 0.05) is 30.8 Å². The van der Waals surface area contributed by atoms with Crippen LogP contribution in [0.1, 0.15) is 17.1 Å². The van der Waals surface area contributed by atoms with Crippen LogP contribution in [0.2, 0.25) is 0 Å². The van der Waals surface area contributed by atoms with Crippen LogP contribution < -0.4 is 0 Å². The minimum absolute atomic E-state index is 0.302. The SMILES string of the molecule is Cc1ccc(-c2ncc(CN3CCC(CO)C3)s2)o1. The molecule has 0 amide bonds. The molecule has 0 saturated carbocycles. The number of thiazole rings is 1. The maximum atomic E-state index is 9.16. The number of rotatable bonds is 4. The highest BCUT2D eigenvalue weighted by molar-refractivity contribution is 7.14. The van der Waals surface area contributed by atoms with Crippen LogP contribution in [-0.2, 0) is 6.54 Å². The largest absolute Gasteiger partial charge is 0.459 e. The lowest BCUT2D eigenvalue weighted by molar-refractivity contribution is 0.220. The van der Waals surface area contributed by atoms with Gasteiger partial charge in [0.25, 0.3) is 0 Å². The Morgan fingerprint density at radius 3 is 3.11 bits per heavy atom. The molecule has 0 bridgehead atoms. The molecule has 4 nitrogen and oxygen atoms in total. The van der Waals surface area contributed by atoms with Crippen LogP contribution in [0.4, 0.5) is 0 Å². The van der Waals surface area contributed by atoms with Gasteiger partial charge >= 0.3 is 0 Å². The van der Waals surface area contributed by atoms with E-state index in [0.717, 1.165) is 42.6 Å². The van der Waals surface area contributed by atoms with Gasteiger partial charge in [-0.25, -0.2) is 4.98 Å². The predicted octanol–water partition coefficient (Wildman–Crippen LogP) is 2.53. The number of furan rings is 1. The normalized spacial score (nSPS) is 20.2. The average molecular weight is 278 g/mol. The Morgan fingerprint density at radius 1 is 1.53 bits per heavy atom. The summed E-state index contributed by atoms with van der Waals surface area (Å²) in [5.41, 5.74) is 0. The van der Waals surface area contributed by atoms with E-state index < -0.39 is 0 Å². The fraction of sp³-hybridized carbons (Fsp3) is 0.500. The monoisotopic (exact) mass is 278 g/mol. The number of hydrogen-bond acceptors (Lipinski definition) is 5. The van der Waals surface area contributed by atoms with Crippen LogP contribution in [0.15, 0.2) is 22.7 Å². The molecule has 5 heteroatoms. The van der Waals surface area contributed by atoms with Gasteiger partial charge < -0.3 is 9.52 Å². The number of hydrogen-bond donors (Lipinski definition) is 1. The van der Waals surface area contributed by atoms with E-state index in [1.54, 1.807) is 11.3 Å². The van der Waals surface area contributed by atoms with Gasteiger partial charge in [-0.1, -0.05) is 0 Å². The maximum absolute atomic E-state index is 9.16. The smallest absolute Gasteiger partial charge is 0.162 e. The van der Waals surface area contributed by atoms with Crippen LogP contribution in [0.3, 0.4) is 0 Å². The lowest BCUT2D eigenvalue weighted by Gasteiger charge is -2.13. The van der Waals surface area contributed by atoms with Gasteiger partial charge in [-0.2, -0.15) is 0 Å². The molecule has 3 heterocycles. The molecule has 1 aliphatic heterocycles. The standard InChI is InChI=1S/C14H18N2O2S/c1-10-2-3-13(18-10)14-15-6-12(19-14)8-16-5-4-11(7-16)9-17/h2-3,6,11,17H,4-5,7-9H2,1H3. The lowest BCUT2D eigenvalue weighted by atomic mass is 10.1. The van der Waals surface area contributed by atoms with Crippen molar-refractivity contribution < 1.29 is 9.52 Å². The summed E-state index contributed by atoms with van der Waals surface area (Å²) < 4.78 is 5.59. The van der Waals surface area contributed by atoms with Crippen LogP contribution in [0.5, 0.6) is 0 Å². The van der Waals surface area contributed by atoms with Gasteiger partial charge in [0.05, 0.1) is 0 Å². The number of aliphatic hydroxyl groups is 1. The second kappa shape index (κ2) is 5.45. The Morgan fingerprint density at radius 2 is 2.42 bits per heavy atom. The summed E-state index contributed by atoms with van der Waals surface area (Å²) in [5, 5.41) is 10.1. The molecule has 0 aromatic carbocycles. The van der Waals surface area contributed by atoms with E-state index in [1.807, 2.05) is 25.3 Å². The molecule has 2 aromatic heterocycles. The van der Waals surface area contributed by atoms with E-state index >= 15 is 0 Å². The highest BCUT2D eigenvalue weighted by Gasteiger charge is 2.22. The number of nitrogens with zero attached hydrogens (tertiary/aromatic N) is 2. The van der Waals surface area contributed by atoms with Gasteiger partial charge in [0.15, 0.2) is 10.8 Å². The molecule has 1 atom stereocenters. The Bertz CT molecular complexity index is 549. The molecule has 1 saturated heterocycles. The van der Waals surface area contributed by atoms with Crippen LogP contribution in [0.25, 0.3) is 10.8 Å². The minimum Gasteiger partial charge on any atom is -0.459 e. The quantitative estimate of drug-likeness (QED) is 0.933. The zero-order chi connectivity index (χ0) is 13.2. The first kappa shape index (κ1) is 12.8. The fourth-order valence-electron chi connectivity index (χ4n) is 2.47.